The summed E-state index contributed by atoms with van der Waals surface area (Å²) in [5, 5.41) is 49.6. The lowest BCUT2D eigenvalue weighted by atomic mass is 9.44. The SMILES string of the molecule is Br.CC(=O)[C@H]1CCC2C3CC=C4C[C@@H](O)CC[C@]4(C)C3CC[C@@]21C.CC(=O)[C@H]1CCC2C3CCC4C[C@@H](O)CC[C@]4(C)C3CC[C@@]21C.CC(=O)[C@H]1CCC2C3CC[C@H]4CC(=O)CC[C@]4(C)C3CC[C@@]21C.CC(=O)[C@H]1CCC2C3CC[C@H]4C[C@]5(CC[C@]4(C)C3CC[C@@]21C)CO5.CO.COC[C@@]1(O)CC[C@]2(C)C3CC[C@@]4(C)C(CC[C@@H]4C(=O)CBr)C3CC[C@H]2C1.COC[C@@]1(O)CC[C@]2(C)C3CC[C@@]4(C)C(CC[C@@H]4C(C)=O)C3CC[C@H]2C1. The minimum atomic E-state index is -0.615. The molecule has 0 aromatic rings. The third-order valence-corrected chi connectivity index (χ3v) is 56.5. The molecule has 149 heavy (non-hydrogen) atoms. The van der Waals surface area contributed by atoms with E-state index in [9.17, 15) is 54.0 Å². The van der Waals surface area contributed by atoms with E-state index >= 15 is 0 Å². The van der Waals surface area contributed by atoms with Crippen molar-refractivity contribution >= 4 is 73.4 Å². The lowest BCUT2D eigenvalue weighted by Crippen LogP contribution is -2.56. The molecule has 0 bridgehead atoms. The van der Waals surface area contributed by atoms with E-state index in [1.165, 1.54) is 212 Å². The molecule has 15 nitrogen and oxygen atoms in total. The standard InChI is InChI=1S/C23H37BrO3.C23H38O3.C22H34O2.C21H34O2.2C21H32O2.CH4O.BrH/c1-21-10-11-23(26,14-27-3)12-15(21)4-5-16-17-6-7-19(20(25)13-24)22(17,2)9-8-18(16)21;1-15(24)18-7-8-19-17-6-5-16-13-23(25,14-26-4)12-11-21(16,2)20(17)9-10-22(18,19)3;1-14(23)17-6-7-18-16-5-4-15-12-22(13-24-22)11-10-20(15,2)19(16)8-9-21(17,18)3;3*1-13(22)17-6-7-18-16-5-4-14-12-15(23)8-10-20(14,2)19(16)9-11-21(17,18)3;1-2;/h15-19,26H,4-14H2,1-3H3;16-20,25H,5-14H2,1-4H3;15-19H,4-13H2,1-3H3;14-19,23H,4-12H2,1-3H3;14,16-19H,4-12H2,1-3H3;4,15-19,23H,5-12H2,1-3H3;2H,1H3;1H/t15-,16?,17?,18?,19+,21-,22-,23+;16-,17?,18+,19?,20?,21-,22+,23+;15-,16?,17+,18?,19?,20-,21+,22+;14?,15-,16?,17+,18?,19?,20-,21+;14-,16?,17+,18?,19?,20-,21+;15-,16?,17+,18?,19?,20-,21+;;/m000000../s1. The number of rotatable bonds is 11. The van der Waals surface area contributed by atoms with E-state index in [0.717, 1.165) is 260 Å². The molecule has 25 aliphatic rings. The van der Waals surface area contributed by atoms with Crippen LogP contribution in [0.1, 0.15) is 458 Å². The Morgan fingerprint density at radius 2 is 0.624 bits per heavy atom. The number of ketones is 7. The molecule has 0 aromatic carbocycles. The Morgan fingerprint density at radius 1 is 0.329 bits per heavy atom. The predicted molar refractivity (Wildman–Crippen MR) is 601 cm³/mol. The number of alkyl halides is 1. The van der Waals surface area contributed by atoms with Crippen LogP contribution < -0.4 is 0 Å². The van der Waals surface area contributed by atoms with Gasteiger partial charge in [0.25, 0.3) is 0 Å². The van der Waals surface area contributed by atoms with E-state index in [1.807, 2.05) is 34.6 Å². The highest BCUT2D eigenvalue weighted by Gasteiger charge is 2.71. The maximum atomic E-state index is 12.6. The van der Waals surface area contributed by atoms with E-state index in [-0.39, 0.29) is 62.2 Å². The molecule has 0 aromatic heterocycles. The fourth-order valence-electron chi connectivity index (χ4n) is 48.0. The second-order valence-corrected chi connectivity index (χ2v) is 61.8. The van der Waals surface area contributed by atoms with Crippen LogP contribution >= 0.6 is 32.9 Å². The van der Waals surface area contributed by atoms with Crippen LogP contribution in [0, 0.1) is 237 Å². The molecule has 1 aliphatic heterocycles. The van der Waals surface area contributed by atoms with Crippen LogP contribution in [0.15, 0.2) is 11.6 Å². The molecule has 1 saturated heterocycles. The van der Waals surface area contributed by atoms with Gasteiger partial charge in [0.15, 0.2) is 0 Å². The maximum absolute atomic E-state index is 12.6. The third kappa shape index (κ3) is 19.8. The minimum Gasteiger partial charge on any atom is -0.400 e. The number of allylic oxidation sites excluding steroid dienone is 1. The van der Waals surface area contributed by atoms with Crippen LogP contribution in [0.4, 0.5) is 0 Å². The number of methoxy groups -OCH3 is 2. The number of aliphatic hydroxyl groups excluding tert-OH is 3. The van der Waals surface area contributed by atoms with Crippen molar-refractivity contribution in [3.05, 3.63) is 11.6 Å². The first-order valence-electron chi connectivity index (χ1n) is 62.7. The van der Waals surface area contributed by atoms with Crippen molar-refractivity contribution in [3.63, 3.8) is 0 Å². The van der Waals surface area contributed by atoms with Gasteiger partial charge >= 0.3 is 0 Å². The van der Waals surface area contributed by atoms with Gasteiger partial charge < -0.3 is 39.7 Å². The monoisotopic (exact) mass is 2200 g/mol. The Bertz CT molecular complexity index is 4850. The molecular weight excluding hydrogens is 1990 g/mol. The van der Waals surface area contributed by atoms with Crippen LogP contribution in [0.5, 0.6) is 0 Å². The minimum absolute atomic E-state index is 0. The zero-order chi connectivity index (χ0) is 106. The Kier molecular flexibility index (Phi) is 34.0. The molecule has 17 heteroatoms. The van der Waals surface area contributed by atoms with Gasteiger partial charge in [0.2, 0.25) is 0 Å². The molecule has 0 amide bonds. The average Bonchev–Trinajstić information content (AvgIpc) is 1.41. The molecule has 19 unspecified atom stereocenters. The van der Waals surface area contributed by atoms with Gasteiger partial charge in [-0.1, -0.05) is 111 Å². The summed E-state index contributed by atoms with van der Waals surface area (Å²) in [5.74, 6) is 22.9. The van der Waals surface area contributed by atoms with Crippen molar-refractivity contribution in [2.24, 2.45) is 237 Å². The van der Waals surface area contributed by atoms with E-state index < -0.39 is 11.2 Å². The molecule has 24 aliphatic carbocycles. The van der Waals surface area contributed by atoms with Crippen molar-refractivity contribution in [2.75, 3.05) is 46.5 Å². The first kappa shape index (κ1) is 117. The number of fused-ring (bicyclic) bond motifs is 30. The lowest BCUT2D eigenvalue weighted by molar-refractivity contribution is -0.163. The van der Waals surface area contributed by atoms with Gasteiger partial charge in [-0.15, -0.1) is 17.0 Å². The molecule has 46 atom stereocenters. The van der Waals surface area contributed by atoms with E-state index in [0.29, 0.717) is 150 Å². The molecule has 25 rings (SSSR count). The van der Waals surface area contributed by atoms with Gasteiger partial charge in [-0.05, 0) is 563 Å². The normalized spacial score (nSPS) is 53.0. The number of hydrogen-bond acceptors (Lipinski definition) is 15. The van der Waals surface area contributed by atoms with Gasteiger partial charge in [-0.25, -0.2) is 0 Å². The number of carbonyl (C=O) groups is 7. The number of Topliss-reactive ketones (excluding diaryl/α,β-unsaturated/α-hetero) is 7. The smallest absolute Gasteiger partial charge is 0.147 e. The fourth-order valence-corrected chi connectivity index (χ4v) is 48.4. The summed E-state index contributed by atoms with van der Waals surface area (Å²) in [5.41, 5.74) is 4.67. The average molecular weight is 2200 g/mol. The molecule has 0 radical (unpaired) electrons. The van der Waals surface area contributed by atoms with Crippen LogP contribution in [-0.4, -0.2) is 142 Å². The number of epoxide rings is 1. The zero-order valence-electron chi connectivity index (χ0n) is 97.4. The number of halogens is 2. The van der Waals surface area contributed by atoms with Crippen molar-refractivity contribution < 1.29 is 73.3 Å². The topological polar surface area (TPSA) is 252 Å². The van der Waals surface area contributed by atoms with E-state index in [4.69, 9.17) is 19.3 Å². The van der Waals surface area contributed by atoms with Crippen LogP contribution in [-0.2, 0) is 47.8 Å². The second kappa shape index (κ2) is 43.4. The molecule has 844 valence electrons. The summed E-state index contributed by atoms with van der Waals surface area (Å²) >= 11 is 3.43. The lowest BCUT2D eigenvalue weighted by Gasteiger charge is -2.62. The van der Waals surface area contributed by atoms with Gasteiger partial charge in [-0.2, -0.15) is 0 Å². The largest absolute Gasteiger partial charge is 0.400 e. The number of carbonyl (C=O) groups excluding carboxylic acids is 7. The highest BCUT2D eigenvalue weighted by atomic mass is 79.9. The zero-order valence-corrected chi connectivity index (χ0v) is 101. The molecule has 23 saturated carbocycles. The quantitative estimate of drug-likeness (QED) is 0.0733. The Balaban J connectivity index is 0.000000116. The van der Waals surface area contributed by atoms with Crippen molar-refractivity contribution in [2.45, 2.75) is 487 Å². The highest BCUT2D eigenvalue weighted by Crippen LogP contribution is 2.77. The molecule has 24 fully saturated rings. The summed E-state index contributed by atoms with van der Waals surface area (Å²) in [4.78, 5) is 85.5. The summed E-state index contributed by atoms with van der Waals surface area (Å²) in [6.45, 7) is 40.9. The predicted octanol–water partition coefficient (Wildman–Crippen LogP) is 28.7. The maximum Gasteiger partial charge on any atom is 0.147 e. The van der Waals surface area contributed by atoms with E-state index in [1.54, 1.807) is 19.8 Å². The Labute approximate surface area is 922 Å². The molecule has 1 heterocycles. The van der Waals surface area contributed by atoms with Gasteiger partial charge in [0.05, 0.1) is 54.2 Å². The molecule has 1 spiro atoms. The second-order valence-electron chi connectivity index (χ2n) is 61.2. The van der Waals surface area contributed by atoms with Crippen molar-refractivity contribution in [1.82, 2.24) is 0 Å². The fraction of sp³-hybridized carbons (Fsp3) is 0.932. The molecule has 5 N–H and O–H groups in total. The summed E-state index contributed by atoms with van der Waals surface area (Å²) < 4.78 is 16.5. The third-order valence-electron chi connectivity index (χ3n) is 56.0. The molecular formula is C132H212Br2O15. The van der Waals surface area contributed by atoms with Crippen molar-refractivity contribution in [1.29, 1.82) is 0 Å². The van der Waals surface area contributed by atoms with Crippen molar-refractivity contribution in [3.8, 4) is 0 Å². The highest BCUT2D eigenvalue weighted by molar-refractivity contribution is 9.09. The van der Waals surface area contributed by atoms with E-state index in [2.05, 4.69) is 105 Å². The number of ether oxygens (including phenoxy) is 3. The number of aliphatic hydroxyl groups is 5. The van der Waals surface area contributed by atoms with Crippen LogP contribution in [0.3, 0.4) is 0 Å². The summed E-state index contributed by atoms with van der Waals surface area (Å²) in [7, 11) is 4.41. The van der Waals surface area contributed by atoms with Gasteiger partial charge in [0, 0.05) is 69.7 Å². The van der Waals surface area contributed by atoms with Crippen LogP contribution in [0.25, 0.3) is 0 Å². The van der Waals surface area contributed by atoms with Crippen LogP contribution in [0.2, 0.25) is 0 Å². The first-order valence-corrected chi connectivity index (χ1v) is 63.8. The van der Waals surface area contributed by atoms with Gasteiger partial charge in [0.1, 0.15) is 40.5 Å². The van der Waals surface area contributed by atoms with Gasteiger partial charge in [-0.3, -0.25) is 33.6 Å². The number of hydrogen-bond donors (Lipinski definition) is 5. The Hall–Kier alpha value is -1.93. The Morgan fingerprint density at radius 3 is 0.980 bits per heavy atom. The summed E-state index contributed by atoms with van der Waals surface area (Å²) in [6, 6.07) is 0. The summed E-state index contributed by atoms with van der Waals surface area (Å²) in [6.07, 6.45) is 65.3. The first-order chi connectivity index (χ1) is 70.0.